The normalized spacial score (nSPS) is 12.0. The molecular weight excluding hydrogens is 376 g/mol. The lowest BCUT2D eigenvalue weighted by Crippen LogP contribution is -2.13. The summed E-state index contributed by atoms with van der Waals surface area (Å²) in [6.45, 7) is 2.67. The lowest BCUT2D eigenvalue weighted by Gasteiger charge is -2.08. The van der Waals surface area contributed by atoms with Gasteiger partial charge in [0.2, 0.25) is 24.4 Å². The molecule has 3 N–H and O–H groups in total. The molecule has 9 nitrogen and oxygen atoms in total. The highest BCUT2D eigenvalue weighted by molar-refractivity contribution is 5.94. The maximum absolute atomic E-state index is 12.3. The van der Waals surface area contributed by atoms with E-state index in [0.29, 0.717) is 47.6 Å². The first-order valence-electron chi connectivity index (χ1n) is 9.17. The molecule has 0 radical (unpaired) electrons. The van der Waals surface area contributed by atoms with E-state index in [1.165, 1.54) is 0 Å². The molecular formula is C20H20N4O5. The topological polar surface area (TPSA) is 122 Å². The number of nitrogens with one attached hydrogen (secondary N) is 1. The Balaban J connectivity index is 1.34. The van der Waals surface area contributed by atoms with Crippen molar-refractivity contribution in [2.24, 2.45) is 0 Å². The van der Waals surface area contributed by atoms with Crippen molar-refractivity contribution >= 4 is 17.3 Å². The Morgan fingerprint density at radius 1 is 1.21 bits per heavy atom. The van der Waals surface area contributed by atoms with Crippen LogP contribution in [0.1, 0.15) is 19.2 Å². The number of anilines is 2. The number of hydrogen-bond acceptors (Lipinski definition) is 8. The molecule has 1 aromatic heterocycles. The minimum Gasteiger partial charge on any atom is -0.494 e. The van der Waals surface area contributed by atoms with E-state index in [4.69, 9.17) is 24.5 Å². The van der Waals surface area contributed by atoms with E-state index in [2.05, 4.69) is 15.5 Å². The summed E-state index contributed by atoms with van der Waals surface area (Å²) in [5, 5.41) is 6.73. The third-order valence-electron chi connectivity index (χ3n) is 4.28. The van der Waals surface area contributed by atoms with Crippen LogP contribution in [0.2, 0.25) is 0 Å². The summed E-state index contributed by atoms with van der Waals surface area (Å²) in [4.78, 5) is 16.6. The molecule has 1 aliphatic rings. The van der Waals surface area contributed by atoms with Gasteiger partial charge in [-0.05, 0) is 31.2 Å². The predicted octanol–water partition coefficient (Wildman–Crippen LogP) is 3.02. The van der Waals surface area contributed by atoms with Crippen molar-refractivity contribution in [3.8, 4) is 28.6 Å². The first kappa shape index (κ1) is 18.6. The van der Waals surface area contributed by atoms with E-state index in [1.807, 2.05) is 31.2 Å². The molecule has 29 heavy (non-hydrogen) atoms. The molecule has 0 saturated heterocycles. The molecule has 9 heteroatoms. The van der Waals surface area contributed by atoms with Gasteiger partial charge in [-0.3, -0.25) is 4.79 Å². The third kappa shape index (κ3) is 4.23. The zero-order valence-electron chi connectivity index (χ0n) is 15.8. The number of benzene rings is 2. The van der Waals surface area contributed by atoms with Crippen LogP contribution in [0.3, 0.4) is 0 Å². The Bertz CT molecular complexity index is 1020. The van der Waals surface area contributed by atoms with Crippen molar-refractivity contribution in [3.05, 3.63) is 42.3 Å². The molecule has 0 atom stereocenters. The van der Waals surface area contributed by atoms with Crippen molar-refractivity contribution in [2.75, 3.05) is 24.5 Å². The summed E-state index contributed by atoms with van der Waals surface area (Å²) >= 11 is 0. The van der Waals surface area contributed by atoms with Crippen LogP contribution in [0.5, 0.6) is 17.2 Å². The van der Waals surface area contributed by atoms with Crippen molar-refractivity contribution in [1.29, 1.82) is 0 Å². The number of amides is 1. The van der Waals surface area contributed by atoms with Gasteiger partial charge in [0, 0.05) is 30.5 Å². The van der Waals surface area contributed by atoms with E-state index in [0.717, 1.165) is 11.3 Å². The Hall–Kier alpha value is -3.75. The predicted molar refractivity (Wildman–Crippen MR) is 105 cm³/mol. The van der Waals surface area contributed by atoms with Gasteiger partial charge in [0.1, 0.15) is 5.75 Å². The number of aryl methyl sites for hydroxylation is 1. The fourth-order valence-corrected chi connectivity index (χ4v) is 2.84. The number of ether oxygens (including phenoxy) is 3. The van der Waals surface area contributed by atoms with Gasteiger partial charge in [-0.2, -0.15) is 4.98 Å². The Labute approximate surface area is 166 Å². The molecule has 0 spiro atoms. The summed E-state index contributed by atoms with van der Waals surface area (Å²) in [7, 11) is 0. The molecule has 0 bridgehead atoms. The number of nitrogens with zero attached hydrogens (tertiary/aromatic N) is 2. The van der Waals surface area contributed by atoms with Gasteiger partial charge in [0.05, 0.1) is 18.0 Å². The quantitative estimate of drug-likeness (QED) is 0.585. The number of nitrogens with two attached hydrogens (primary N) is 1. The van der Waals surface area contributed by atoms with Crippen LogP contribution < -0.4 is 25.3 Å². The van der Waals surface area contributed by atoms with E-state index in [-0.39, 0.29) is 19.1 Å². The number of hydrogen-bond donors (Lipinski definition) is 2. The smallest absolute Gasteiger partial charge is 0.231 e. The van der Waals surface area contributed by atoms with E-state index < -0.39 is 0 Å². The summed E-state index contributed by atoms with van der Waals surface area (Å²) in [5.74, 6) is 2.50. The molecule has 2 heterocycles. The highest BCUT2D eigenvalue weighted by Crippen LogP contribution is 2.38. The van der Waals surface area contributed by atoms with Crippen LogP contribution in [0, 0.1) is 0 Å². The first-order chi connectivity index (χ1) is 14.1. The summed E-state index contributed by atoms with van der Waals surface area (Å²) in [6.07, 6.45) is 0.471. The minimum atomic E-state index is -0.226. The van der Waals surface area contributed by atoms with Gasteiger partial charge in [0.25, 0.3) is 0 Å². The van der Waals surface area contributed by atoms with Gasteiger partial charge in [-0.15, -0.1) is 0 Å². The highest BCUT2D eigenvalue weighted by atomic mass is 16.7. The monoisotopic (exact) mass is 396 g/mol. The van der Waals surface area contributed by atoms with Gasteiger partial charge < -0.3 is 29.8 Å². The molecule has 0 aliphatic carbocycles. The van der Waals surface area contributed by atoms with Crippen LogP contribution in [-0.4, -0.2) is 29.4 Å². The van der Waals surface area contributed by atoms with Gasteiger partial charge >= 0.3 is 0 Å². The summed E-state index contributed by atoms with van der Waals surface area (Å²) in [6, 6.07) is 10.7. The minimum absolute atomic E-state index is 0.139. The largest absolute Gasteiger partial charge is 0.494 e. The molecule has 150 valence electrons. The van der Waals surface area contributed by atoms with Gasteiger partial charge in [-0.1, -0.05) is 5.16 Å². The van der Waals surface area contributed by atoms with Gasteiger partial charge in [-0.25, -0.2) is 0 Å². The molecule has 4 rings (SSSR count). The second kappa shape index (κ2) is 8.09. The number of aromatic nitrogens is 2. The van der Waals surface area contributed by atoms with E-state index >= 15 is 0 Å². The number of carbonyl (C=O) groups excluding carboxylic acids is 1. The molecule has 2 aromatic carbocycles. The van der Waals surface area contributed by atoms with Crippen LogP contribution >= 0.6 is 0 Å². The third-order valence-corrected chi connectivity index (χ3v) is 4.28. The fourth-order valence-electron chi connectivity index (χ4n) is 2.84. The second-order valence-corrected chi connectivity index (χ2v) is 6.31. The van der Waals surface area contributed by atoms with Gasteiger partial charge in [0.15, 0.2) is 11.5 Å². The fraction of sp³-hybridized carbons (Fsp3) is 0.250. The Morgan fingerprint density at radius 3 is 2.72 bits per heavy atom. The number of rotatable bonds is 7. The lowest BCUT2D eigenvalue weighted by molar-refractivity contribution is -0.116. The van der Waals surface area contributed by atoms with E-state index in [9.17, 15) is 4.79 Å². The van der Waals surface area contributed by atoms with Crippen molar-refractivity contribution in [2.45, 2.75) is 19.8 Å². The maximum Gasteiger partial charge on any atom is 0.231 e. The zero-order chi connectivity index (χ0) is 20.2. The van der Waals surface area contributed by atoms with Crippen LogP contribution in [0.4, 0.5) is 11.4 Å². The average molecular weight is 396 g/mol. The Kier molecular flexibility index (Phi) is 5.19. The molecule has 0 unspecified atom stereocenters. The van der Waals surface area contributed by atoms with Crippen molar-refractivity contribution in [1.82, 2.24) is 10.1 Å². The number of carbonyl (C=O) groups is 1. The van der Waals surface area contributed by atoms with Crippen molar-refractivity contribution in [3.63, 3.8) is 0 Å². The van der Waals surface area contributed by atoms with Crippen LogP contribution in [0.15, 0.2) is 40.9 Å². The van der Waals surface area contributed by atoms with Crippen molar-refractivity contribution < 1.29 is 23.5 Å². The molecule has 0 fully saturated rings. The molecule has 1 aliphatic heterocycles. The SMILES string of the molecule is CCOc1ccc(-c2noc(CCC(=O)Nc3cc4c(cc3N)OCO4)n2)cc1. The Morgan fingerprint density at radius 2 is 1.97 bits per heavy atom. The standard InChI is InChI=1S/C20H20N4O5/c1-2-26-13-5-3-12(4-6-13)20-23-19(29-24-20)8-7-18(25)22-15-10-17-16(9-14(15)21)27-11-28-17/h3-6,9-10H,2,7-8,11,21H2,1H3,(H,22,25). The second-order valence-electron chi connectivity index (χ2n) is 6.31. The first-order valence-corrected chi connectivity index (χ1v) is 9.17. The molecule has 0 saturated carbocycles. The van der Waals surface area contributed by atoms with Crippen LogP contribution in [0.25, 0.3) is 11.4 Å². The number of fused-ring (bicyclic) bond motifs is 1. The van der Waals surface area contributed by atoms with E-state index in [1.54, 1.807) is 12.1 Å². The summed E-state index contributed by atoms with van der Waals surface area (Å²) < 4.78 is 21.2. The zero-order valence-corrected chi connectivity index (χ0v) is 15.8. The number of nitrogen functional groups attached to an aromatic ring is 1. The molecule has 1 amide bonds. The summed E-state index contributed by atoms with van der Waals surface area (Å²) in [5.41, 5.74) is 7.63. The highest BCUT2D eigenvalue weighted by Gasteiger charge is 2.18. The van der Waals surface area contributed by atoms with Crippen LogP contribution in [-0.2, 0) is 11.2 Å². The lowest BCUT2D eigenvalue weighted by atomic mass is 10.2. The average Bonchev–Trinajstić information content (AvgIpc) is 3.37. The molecule has 3 aromatic rings. The maximum atomic E-state index is 12.3.